The van der Waals surface area contributed by atoms with Crippen LogP contribution < -0.4 is 10.5 Å². The average molecular weight is 262 g/mol. The molecule has 1 saturated carbocycles. The Morgan fingerprint density at radius 2 is 1.89 bits per heavy atom. The minimum Gasteiger partial charge on any atom is -0.497 e. The minimum absolute atomic E-state index is 0.312. The smallest absolute Gasteiger partial charge is 0.118 e. The van der Waals surface area contributed by atoms with Crippen LogP contribution in [0.3, 0.4) is 0 Å². The molecule has 1 aromatic rings. The largest absolute Gasteiger partial charge is 0.497 e. The summed E-state index contributed by atoms with van der Waals surface area (Å²) in [4.78, 5) is 2.54. The van der Waals surface area contributed by atoms with E-state index in [0.29, 0.717) is 18.6 Å². The number of nitrogens with zero attached hydrogens (tertiary/aromatic N) is 1. The predicted molar refractivity (Wildman–Crippen MR) is 79.4 cm³/mol. The van der Waals surface area contributed by atoms with Crippen LogP contribution in [0.1, 0.15) is 38.3 Å². The number of hydrogen-bond donors (Lipinski definition) is 1. The summed E-state index contributed by atoms with van der Waals surface area (Å²) in [7, 11) is 1.70. The van der Waals surface area contributed by atoms with Crippen molar-refractivity contribution >= 4 is 0 Å². The fraction of sp³-hybridized carbons (Fsp3) is 0.625. The van der Waals surface area contributed by atoms with Gasteiger partial charge in [0.25, 0.3) is 0 Å². The number of methoxy groups -OCH3 is 1. The van der Waals surface area contributed by atoms with Gasteiger partial charge in [-0.15, -0.1) is 0 Å². The van der Waals surface area contributed by atoms with Crippen LogP contribution in [0.2, 0.25) is 0 Å². The topological polar surface area (TPSA) is 38.5 Å². The lowest BCUT2D eigenvalue weighted by Crippen LogP contribution is -2.40. The maximum atomic E-state index is 6.04. The number of nitrogens with two attached hydrogens (primary N) is 1. The van der Waals surface area contributed by atoms with Crippen molar-refractivity contribution in [2.45, 2.75) is 38.8 Å². The zero-order valence-electron chi connectivity index (χ0n) is 12.3. The van der Waals surface area contributed by atoms with E-state index < -0.39 is 0 Å². The monoisotopic (exact) mass is 262 g/mol. The Morgan fingerprint density at radius 1 is 1.26 bits per heavy atom. The van der Waals surface area contributed by atoms with E-state index >= 15 is 0 Å². The first-order chi connectivity index (χ1) is 9.15. The summed E-state index contributed by atoms with van der Waals surface area (Å²) in [5.41, 5.74) is 7.33. The summed E-state index contributed by atoms with van der Waals surface area (Å²) < 4.78 is 5.22. The first kappa shape index (κ1) is 14.4. The van der Waals surface area contributed by atoms with Crippen LogP contribution in [0.4, 0.5) is 0 Å². The zero-order chi connectivity index (χ0) is 13.8. The van der Waals surface area contributed by atoms with E-state index in [-0.39, 0.29) is 0 Å². The van der Waals surface area contributed by atoms with Crippen molar-refractivity contribution < 1.29 is 4.74 Å². The van der Waals surface area contributed by atoms with Gasteiger partial charge in [-0.3, -0.25) is 4.90 Å². The number of ether oxygens (including phenoxy) is 1. The van der Waals surface area contributed by atoms with E-state index in [2.05, 4.69) is 30.9 Å². The van der Waals surface area contributed by atoms with Crippen molar-refractivity contribution in [3.63, 3.8) is 0 Å². The van der Waals surface area contributed by atoms with Crippen LogP contribution in [0.25, 0.3) is 0 Å². The van der Waals surface area contributed by atoms with Crippen LogP contribution in [0, 0.1) is 5.92 Å². The third kappa shape index (κ3) is 3.71. The van der Waals surface area contributed by atoms with Crippen molar-refractivity contribution in [3.05, 3.63) is 29.8 Å². The molecule has 0 radical (unpaired) electrons. The van der Waals surface area contributed by atoms with Crippen molar-refractivity contribution in [1.29, 1.82) is 0 Å². The molecule has 3 heteroatoms. The van der Waals surface area contributed by atoms with Gasteiger partial charge in [-0.2, -0.15) is 0 Å². The fourth-order valence-electron chi connectivity index (χ4n) is 2.59. The summed E-state index contributed by atoms with van der Waals surface area (Å²) in [5, 5.41) is 0. The Labute approximate surface area is 116 Å². The zero-order valence-corrected chi connectivity index (χ0v) is 12.3. The Hall–Kier alpha value is -1.06. The summed E-state index contributed by atoms with van der Waals surface area (Å²) >= 11 is 0. The summed E-state index contributed by atoms with van der Waals surface area (Å²) in [6.45, 7) is 6.35. The molecule has 0 saturated heterocycles. The van der Waals surface area contributed by atoms with Gasteiger partial charge in [-0.25, -0.2) is 0 Å². The molecule has 0 spiro atoms. The van der Waals surface area contributed by atoms with Crippen molar-refractivity contribution in [2.75, 3.05) is 20.2 Å². The molecular weight excluding hydrogens is 236 g/mol. The molecule has 1 atom stereocenters. The Bertz CT molecular complexity index is 384. The highest BCUT2D eigenvalue weighted by atomic mass is 16.5. The predicted octanol–water partition coefficient (Wildman–Crippen LogP) is 2.82. The molecule has 2 rings (SSSR count). The van der Waals surface area contributed by atoms with Crippen LogP contribution in [-0.2, 0) is 0 Å². The lowest BCUT2D eigenvalue weighted by atomic mass is 10.0. The van der Waals surface area contributed by atoms with E-state index in [1.165, 1.54) is 24.9 Å². The maximum Gasteiger partial charge on any atom is 0.118 e. The van der Waals surface area contributed by atoms with Gasteiger partial charge in [0.2, 0.25) is 0 Å². The second-order valence-electron chi connectivity index (χ2n) is 5.76. The quantitative estimate of drug-likeness (QED) is 0.821. The molecule has 0 aromatic heterocycles. The molecule has 1 aromatic carbocycles. The van der Waals surface area contributed by atoms with Gasteiger partial charge in [0.15, 0.2) is 0 Å². The average Bonchev–Trinajstić information content (AvgIpc) is 3.23. The van der Waals surface area contributed by atoms with Gasteiger partial charge in [0, 0.05) is 25.2 Å². The third-order valence-corrected chi connectivity index (χ3v) is 3.95. The van der Waals surface area contributed by atoms with Crippen LogP contribution in [0.15, 0.2) is 24.3 Å². The van der Waals surface area contributed by atoms with Crippen molar-refractivity contribution in [2.24, 2.45) is 11.7 Å². The second kappa shape index (κ2) is 6.40. The molecule has 1 fully saturated rings. The first-order valence-electron chi connectivity index (χ1n) is 7.25. The highest BCUT2D eigenvalue weighted by molar-refractivity contribution is 5.29. The number of hydrogen-bond acceptors (Lipinski definition) is 3. The van der Waals surface area contributed by atoms with Crippen molar-refractivity contribution in [3.8, 4) is 5.75 Å². The number of benzene rings is 1. The van der Waals surface area contributed by atoms with E-state index in [4.69, 9.17) is 10.5 Å². The Morgan fingerprint density at radius 3 is 2.32 bits per heavy atom. The van der Waals surface area contributed by atoms with Gasteiger partial charge >= 0.3 is 0 Å². The normalized spacial score (nSPS) is 16.9. The van der Waals surface area contributed by atoms with E-state index in [9.17, 15) is 0 Å². The second-order valence-corrected chi connectivity index (χ2v) is 5.76. The van der Waals surface area contributed by atoms with Crippen LogP contribution in [-0.4, -0.2) is 31.1 Å². The highest BCUT2D eigenvalue weighted by Crippen LogP contribution is 2.34. The maximum absolute atomic E-state index is 6.04. The highest BCUT2D eigenvalue weighted by Gasteiger charge is 2.29. The van der Waals surface area contributed by atoms with Crippen LogP contribution in [0.5, 0.6) is 5.75 Å². The third-order valence-electron chi connectivity index (χ3n) is 3.95. The molecule has 1 aliphatic carbocycles. The van der Waals surface area contributed by atoms with Gasteiger partial charge in [0.1, 0.15) is 5.75 Å². The minimum atomic E-state index is 0.312. The standard InChI is InChI=1S/C16H26N2O/c1-12(2)18(11-13-4-5-13)16(10-17)14-6-8-15(19-3)9-7-14/h6-9,12-13,16H,4-5,10-11,17H2,1-3H3. The summed E-state index contributed by atoms with van der Waals surface area (Å²) in [6.07, 6.45) is 2.76. The Balaban J connectivity index is 2.14. The molecule has 0 amide bonds. The first-order valence-corrected chi connectivity index (χ1v) is 7.25. The van der Waals surface area contributed by atoms with Crippen molar-refractivity contribution in [1.82, 2.24) is 4.90 Å². The van der Waals surface area contributed by atoms with Gasteiger partial charge in [0.05, 0.1) is 7.11 Å². The molecule has 3 nitrogen and oxygen atoms in total. The molecule has 1 unspecified atom stereocenters. The van der Waals surface area contributed by atoms with E-state index in [1.54, 1.807) is 7.11 Å². The summed E-state index contributed by atoms with van der Waals surface area (Å²) in [6, 6.07) is 9.15. The molecule has 106 valence electrons. The molecule has 0 bridgehead atoms. The van der Waals surface area contributed by atoms with E-state index in [1.807, 2.05) is 12.1 Å². The summed E-state index contributed by atoms with van der Waals surface area (Å²) in [5.74, 6) is 1.78. The lowest BCUT2D eigenvalue weighted by molar-refractivity contribution is 0.149. The Kier molecular flexibility index (Phi) is 4.83. The molecule has 2 N–H and O–H groups in total. The molecule has 0 aliphatic heterocycles. The fourth-order valence-corrected chi connectivity index (χ4v) is 2.59. The van der Waals surface area contributed by atoms with Gasteiger partial charge in [-0.1, -0.05) is 12.1 Å². The molecule has 0 heterocycles. The van der Waals surface area contributed by atoms with Gasteiger partial charge < -0.3 is 10.5 Å². The molecule has 1 aliphatic rings. The molecule has 19 heavy (non-hydrogen) atoms. The lowest BCUT2D eigenvalue weighted by Gasteiger charge is -2.34. The van der Waals surface area contributed by atoms with E-state index in [0.717, 1.165) is 11.7 Å². The molecular formula is C16H26N2O. The van der Waals surface area contributed by atoms with Gasteiger partial charge in [-0.05, 0) is 50.3 Å². The number of rotatable bonds is 7. The SMILES string of the molecule is COc1ccc(C(CN)N(CC2CC2)C(C)C)cc1. The van der Waals surface area contributed by atoms with Crippen LogP contribution >= 0.6 is 0 Å².